The van der Waals surface area contributed by atoms with Gasteiger partial charge in [0.25, 0.3) is 0 Å². The van der Waals surface area contributed by atoms with Crippen LogP contribution in [0.4, 0.5) is 4.39 Å². The molecular formula is C20H20FN3O2S. The molecule has 5 nitrogen and oxygen atoms in total. The van der Waals surface area contributed by atoms with Crippen LogP contribution in [0.1, 0.15) is 23.6 Å². The fourth-order valence-electron chi connectivity index (χ4n) is 3.47. The molecule has 0 saturated carbocycles. The number of piperidine rings is 1. The first kappa shape index (κ1) is 17.9. The van der Waals surface area contributed by atoms with Gasteiger partial charge in [0.15, 0.2) is 0 Å². The Morgan fingerprint density at radius 3 is 3.00 bits per heavy atom. The first-order valence-electron chi connectivity index (χ1n) is 9.06. The second-order valence-corrected chi connectivity index (χ2v) is 7.83. The smallest absolute Gasteiger partial charge is 0.227 e. The van der Waals surface area contributed by atoms with Crippen molar-refractivity contribution >= 4 is 17.2 Å². The van der Waals surface area contributed by atoms with E-state index in [9.17, 15) is 9.18 Å². The maximum Gasteiger partial charge on any atom is 0.227 e. The van der Waals surface area contributed by atoms with Gasteiger partial charge in [0.1, 0.15) is 5.82 Å². The van der Waals surface area contributed by atoms with Gasteiger partial charge in [-0.2, -0.15) is 4.98 Å². The molecule has 1 aliphatic heterocycles. The predicted molar refractivity (Wildman–Crippen MR) is 101 cm³/mol. The molecule has 2 aromatic heterocycles. The molecule has 0 bridgehead atoms. The number of hydrogen-bond donors (Lipinski definition) is 0. The molecule has 4 rings (SSSR count). The van der Waals surface area contributed by atoms with E-state index in [0.29, 0.717) is 30.8 Å². The lowest BCUT2D eigenvalue weighted by Gasteiger charge is -2.32. The van der Waals surface area contributed by atoms with E-state index in [0.717, 1.165) is 24.3 Å². The van der Waals surface area contributed by atoms with E-state index in [4.69, 9.17) is 4.52 Å². The van der Waals surface area contributed by atoms with E-state index in [-0.39, 0.29) is 23.5 Å². The fourth-order valence-corrected chi connectivity index (χ4v) is 4.16. The van der Waals surface area contributed by atoms with Gasteiger partial charge in [-0.15, -0.1) is 11.3 Å². The van der Waals surface area contributed by atoms with Gasteiger partial charge in [0, 0.05) is 24.4 Å². The summed E-state index contributed by atoms with van der Waals surface area (Å²) >= 11 is 1.61. The third-order valence-corrected chi connectivity index (χ3v) is 5.70. The summed E-state index contributed by atoms with van der Waals surface area (Å²) in [6.45, 7) is 1.49. The van der Waals surface area contributed by atoms with Crippen LogP contribution in [0.5, 0.6) is 0 Å². The number of aromatic nitrogens is 2. The third-order valence-electron chi connectivity index (χ3n) is 4.82. The molecule has 140 valence electrons. The number of nitrogens with zero attached hydrogens (tertiary/aromatic N) is 3. The molecule has 1 saturated heterocycles. The van der Waals surface area contributed by atoms with Crippen molar-refractivity contribution in [3.63, 3.8) is 0 Å². The van der Waals surface area contributed by atoms with Crippen LogP contribution >= 0.6 is 11.3 Å². The minimum absolute atomic E-state index is 0.166. The molecule has 1 aliphatic rings. The van der Waals surface area contributed by atoms with Crippen LogP contribution in [0.25, 0.3) is 11.4 Å². The number of carbonyl (C=O) groups is 1. The molecule has 3 heterocycles. The topological polar surface area (TPSA) is 59.2 Å². The van der Waals surface area contributed by atoms with Crippen molar-refractivity contribution in [2.24, 2.45) is 5.92 Å². The van der Waals surface area contributed by atoms with Gasteiger partial charge < -0.3 is 9.42 Å². The van der Waals surface area contributed by atoms with Gasteiger partial charge in [0.05, 0.1) is 12.0 Å². The maximum atomic E-state index is 13.9. The molecule has 1 amide bonds. The van der Waals surface area contributed by atoms with Crippen molar-refractivity contribution < 1.29 is 13.7 Å². The lowest BCUT2D eigenvalue weighted by Crippen LogP contribution is -2.41. The number of likely N-dealkylation sites (tertiary alicyclic amines) is 1. The average Bonchev–Trinajstić information content (AvgIpc) is 3.34. The van der Waals surface area contributed by atoms with E-state index in [1.807, 2.05) is 22.4 Å². The van der Waals surface area contributed by atoms with Gasteiger partial charge in [-0.1, -0.05) is 23.4 Å². The Morgan fingerprint density at radius 2 is 2.19 bits per heavy atom. The van der Waals surface area contributed by atoms with E-state index in [1.165, 1.54) is 6.07 Å². The van der Waals surface area contributed by atoms with Crippen LogP contribution in [0.15, 0.2) is 46.3 Å². The quantitative estimate of drug-likeness (QED) is 0.667. The highest BCUT2D eigenvalue weighted by atomic mass is 32.1. The zero-order valence-electron chi connectivity index (χ0n) is 14.8. The highest BCUT2D eigenvalue weighted by Gasteiger charge is 2.26. The van der Waals surface area contributed by atoms with Crippen molar-refractivity contribution in [2.75, 3.05) is 13.1 Å². The Hall–Kier alpha value is -2.54. The highest BCUT2D eigenvalue weighted by molar-refractivity contribution is 7.10. The second kappa shape index (κ2) is 8.00. The Bertz CT molecular complexity index is 910. The number of halogens is 1. The van der Waals surface area contributed by atoms with Crippen molar-refractivity contribution in [3.8, 4) is 11.4 Å². The molecule has 1 atom stereocenters. The lowest BCUT2D eigenvalue weighted by molar-refractivity contribution is -0.132. The van der Waals surface area contributed by atoms with Crippen LogP contribution in [-0.4, -0.2) is 34.0 Å². The van der Waals surface area contributed by atoms with Crippen molar-refractivity contribution in [3.05, 3.63) is 58.4 Å². The molecule has 27 heavy (non-hydrogen) atoms. The molecule has 0 spiro atoms. The fraction of sp³-hybridized carbons (Fsp3) is 0.350. The zero-order chi connectivity index (χ0) is 18.6. The molecule has 0 radical (unpaired) electrons. The molecule has 0 unspecified atom stereocenters. The lowest BCUT2D eigenvalue weighted by atomic mass is 9.94. The number of carbonyl (C=O) groups excluding carboxylic acids is 1. The summed E-state index contributed by atoms with van der Waals surface area (Å²) in [6.07, 6.45) is 3.04. The summed E-state index contributed by atoms with van der Waals surface area (Å²) in [5.74, 6) is 0.836. The van der Waals surface area contributed by atoms with E-state index >= 15 is 0 Å². The molecular weight excluding hydrogens is 365 g/mol. The Kier molecular flexibility index (Phi) is 5.29. The van der Waals surface area contributed by atoms with Gasteiger partial charge in [0.2, 0.25) is 17.6 Å². The molecule has 3 aromatic rings. The van der Waals surface area contributed by atoms with Crippen LogP contribution in [-0.2, 0) is 17.6 Å². The molecule has 0 aliphatic carbocycles. The molecule has 0 N–H and O–H groups in total. The second-order valence-electron chi connectivity index (χ2n) is 6.80. The molecule has 1 fully saturated rings. The van der Waals surface area contributed by atoms with Gasteiger partial charge in [-0.25, -0.2) is 4.39 Å². The summed E-state index contributed by atoms with van der Waals surface area (Å²) in [5.41, 5.74) is 0.337. The Labute approximate surface area is 160 Å². The van der Waals surface area contributed by atoms with E-state index in [2.05, 4.69) is 10.1 Å². The Morgan fingerprint density at radius 1 is 1.30 bits per heavy atom. The number of rotatable bonds is 5. The summed E-state index contributed by atoms with van der Waals surface area (Å²) < 4.78 is 19.2. The van der Waals surface area contributed by atoms with Crippen molar-refractivity contribution in [1.82, 2.24) is 15.0 Å². The number of hydrogen-bond acceptors (Lipinski definition) is 5. The van der Waals surface area contributed by atoms with Crippen LogP contribution in [0.2, 0.25) is 0 Å². The van der Waals surface area contributed by atoms with Gasteiger partial charge >= 0.3 is 0 Å². The van der Waals surface area contributed by atoms with Crippen molar-refractivity contribution in [1.29, 1.82) is 0 Å². The monoisotopic (exact) mass is 385 g/mol. The predicted octanol–water partition coefficient (Wildman–Crippen LogP) is 3.96. The number of benzene rings is 1. The minimum Gasteiger partial charge on any atom is -0.342 e. The average molecular weight is 385 g/mol. The third kappa shape index (κ3) is 4.24. The number of amides is 1. The Balaban J connectivity index is 1.38. The largest absolute Gasteiger partial charge is 0.342 e. The van der Waals surface area contributed by atoms with Gasteiger partial charge in [-0.3, -0.25) is 4.79 Å². The number of thiophene rings is 1. The summed E-state index contributed by atoms with van der Waals surface area (Å²) in [6, 6.07) is 10.3. The summed E-state index contributed by atoms with van der Waals surface area (Å²) in [5, 5.41) is 5.90. The standard InChI is InChI=1S/C20H20FN3O2S/c21-17-8-2-1-7-16(17)20-22-18(26-23-20)11-14-5-3-9-24(13-14)19(25)12-15-6-4-10-27-15/h1-2,4,6-8,10,14H,3,5,9,11-13H2/t14-/m1/s1. The van der Waals surface area contributed by atoms with Gasteiger partial charge in [-0.05, 0) is 42.3 Å². The first-order chi connectivity index (χ1) is 13.2. The SMILES string of the molecule is O=C(Cc1cccs1)N1CCC[C@H](Cc2nc(-c3ccccc3F)no2)C1. The normalized spacial score (nSPS) is 17.2. The highest BCUT2D eigenvalue weighted by Crippen LogP contribution is 2.24. The minimum atomic E-state index is -0.368. The summed E-state index contributed by atoms with van der Waals surface area (Å²) in [7, 11) is 0. The zero-order valence-corrected chi connectivity index (χ0v) is 15.6. The van der Waals surface area contributed by atoms with E-state index in [1.54, 1.807) is 29.5 Å². The first-order valence-corrected chi connectivity index (χ1v) is 9.94. The van der Waals surface area contributed by atoms with Crippen LogP contribution in [0, 0.1) is 11.7 Å². The van der Waals surface area contributed by atoms with Crippen LogP contribution in [0.3, 0.4) is 0 Å². The molecule has 1 aromatic carbocycles. The van der Waals surface area contributed by atoms with Crippen molar-refractivity contribution in [2.45, 2.75) is 25.7 Å². The van der Waals surface area contributed by atoms with Crippen LogP contribution < -0.4 is 0 Å². The maximum absolute atomic E-state index is 13.9. The summed E-state index contributed by atoms with van der Waals surface area (Å²) in [4.78, 5) is 19.9. The molecule has 7 heteroatoms. The van der Waals surface area contributed by atoms with E-state index < -0.39 is 0 Å².